The van der Waals surface area contributed by atoms with Gasteiger partial charge in [-0.15, -0.1) is 0 Å². The fraction of sp³-hybridized carbons (Fsp3) is 0.440. The molecule has 1 saturated carbocycles. The molecule has 3 aliphatic rings. The summed E-state index contributed by atoms with van der Waals surface area (Å²) in [7, 11) is 0. The van der Waals surface area contributed by atoms with E-state index in [1.54, 1.807) is 0 Å². The Morgan fingerprint density at radius 3 is 2.38 bits per heavy atom. The molecule has 2 aromatic rings. The number of anilines is 1. The Hall–Kier alpha value is -3.33. The van der Waals surface area contributed by atoms with Crippen molar-refractivity contribution in [1.82, 2.24) is 15.1 Å². The first-order valence-corrected chi connectivity index (χ1v) is 11.8. The first kappa shape index (κ1) is 22.5. The predicted molar refractivity (Wildman–Crippen MR) is 124 cm³/mol. The van der Waals surface area contributed by atoms with Crippen molar-refractivity contribution in [2.45, 2.75) is 18.9 Å². The van der Waals surface area contributed by atoms with Crippen LogP contribution in [-0.4, -0.2) is 67.7 Å². The van der Waals surface area contributed by atoms with E-state index in [0.29, 0.717) is 51.0 Å². The number of urea groups is 1. The molecule has 2 fully saturated rings. The monoisotopic (exact) mass is 468 g/mol. The minimum Gasteiger partial charge on any atom is -0.486 e. The van der Waals surface area contributed by atoms with Gasteiger partial charge in [-0.2, -0.15) is 0 Å². The minimum atomic E-state index is -0.342. The van der Waals surface area contributed by atoms with Crippen LogP contribution in [0.1, 0.15) is 24.4 Å². The van der Waals surface area contributed by atoms with Crippen molar-refractivity contribution in [2.75, 3.05) is 51.3 Å². The first-order chi connectivity index (χ1) is 16.5. The van der Waals surface area contributed by atoms with Gasteiger partial charge in [0.15, 0.2) is 11.5 Å². The maximum absolute atomic E-state index is 13.0. The van der Waals surface area contributed by atoms with Crippen molar-refractivity contribution >= 4 is 17.6 Å². The Morgan fingerprint density at radius 2 is 1.68 bits per heavy atom. The van der Waals surface area contributed by atoms with Crippen molar-refractivity contribution in [2.24, 2.45) is 5.92 Å². The molecular weight excluding hydrogens is 439 g/mol. The maximum Gasteiger partial charge on any atom is 0.317 e. The van der Waals surface area contributed by atoms with Crippen LogP contribution in [0.5, 0.6) is 11.5 Å². The lowest BCUT2D eigenvalue weighted by molar-refractivity contribution is -0.117. The summed E-state index contributed by atoms with van der Waals surface area (Å²) in [4.78, 5) is 29.2. The summed E-state index contributed by atoms with van der Waals surface area (Å²) in [6.07, 6.45) is 2.19. The summed E-state index contributed by atoms with van der Waals surface area (Å²) in [6.45, 7) is 3.64. The van der Waals surface area contributed by atoms with Crippen LogP contribution in [0.25, 0.3) is 0 Å². The zero-order valence-electron chi connectivity index (χ0n) is 19.0. The Bertz CT molecular complexity index is 1040. The van der Waals surface area contributed by atoms with Gasteiger partial charge >= 0.3 is 6.03 Å². The average Bonchev–Trinajstić information content (AvgIpc) is 3.69. The number of nitrogens with zero attached hydrogens (tertiary/aromatic N) is 2. The van der Waals surface area contributed by atoms with E-state index in [4.69, 9.17) is 9.47 Å². The molecule has 0 radical (unpaired) electrons. The standard InChI is InChI=1S/C25H29FN4O4/c26-19-4-6-20(7-5-19)27-23(31)16-29-9-11-30(12-10-29)25(32)28-24(17-1-2-17)18-3-8-21-22(15-18)34-14-13-33-21/h3-8,15,17,24H,1-2,9-14,16H2,(H,27,31)(H,28,32). The molecule has 1 saturated heterocycles. The summed E-state index contributed by atoms with van der Waals surface area (Å²) in [6, 6.07) is 11.5. The van der Waals surface area contributed by atoms with Gasteiger partial charge in [0.05, 0.1) is 12.6 Å². The van der Waals surface area contributed by atoms with Crippen LogP contribution in [0.2, 0.25) is 0 Å². The highest BCUT2D eigenvalue weighted by molar-refractivity contribution is 5.92. The van der Waals surface area contributed by atoms with Crippen molar-refractivity contribution in [3.05, 3.63) is 53.8 Å². The average molecular weight is 469 g/mol. The molecule has 180 valence electrons. The lowest BCUT2D eigenvalue weighted by atomic mass is 10.0. The number of carbonyl (C=O) groups is 2. The van der Waals surface area contributed by atoms with Crippen molar-refractivity contribution in [1.29, 1.82) is 0 Å². The van der Waals surface area contributed by atoms with E-state index in [1.807, 2.05) is 28.0 Å². The zero-order chi connectivity index (χ0) is 23.5. The fourth-order valence-corrected chi connectivity index (χ4v) is 4.43. The highest BCUT2D eigenvalue weighted by atomic mass is 19.1. The van der Waals surface area contributed by atoms with Gasteiger partial charge in [0.25, 0.3) is 0 Å². The van der Waals surface area contributed by atoms with E-state index in [-0.39, 0.29) is 30.3 Å². The van der Waals surface area contributed by atoms with Crippen molar-refractivity contribution < 1.29 is 23.5 Å². The number of hydrogen-bond acceptors (Lipinski definition) is 5. The normalized spacial score (nSPS) is 18.8. The van der Waals surface area contributed by atoms with Gasteiger partial charge in [0, 0.05) is 31.9 Å². The molecule has 0 bridgehead atoms. The number of piperazine rings is 1. The summed E-state index contributed by atoms with van der Waals surface area (Å²) >= 11 is 0. The summed E-state index contributed by atoms with van der Waals surface area (Å²) in [5, 5.41) is 6.00. The molecule has 2 heterocycles. The third-order valence-electron chi connectivity index (χ3n) is 6.45. The largest absolute Gasteiger partial charge is 0.486 e. The van der Waals surface area contributed by atoms with E-state index < -0.39 is 0 Å². The molecule has 2 aromatic carbocycles. The summed E-state index contributed by atoms with van der Waals surface area (Å²) < 4.78 is 24.4. The lowest BCUT2D eigenvalue weighted by Crippen LogP contribution is -2.53. The molecule has 0 spiro atoms. The topological polar surface area (TPSA) is 83.1 Å². The zero-order valence-corrected chi connectivity index (χ0v) is 19.0. The first-order valence-electron chi connectivity index (χ1n) is 11.8. The van der Waals surface area contributed by atoms with Crippen molar-refractivity contribution in [3.8, 4) is 11.5 Å². The predicted octanol–water partition coefficient (Wildman–Crippen LogP) is 3.01. The number of carbonyl (C=O) groups excluding carboxylic acids is 2. The van der Waals surface area contributed by atoms with Gasteiger partial charge in [-0.1, -0.05) is 6.07 Å². The summed E-state index contributed by atoms with van der Waals surface area (Å²) in [5.41, 5.74) is 1.60. The second-order valence-corrected chi connectivity index (χ2v) is 8.99. The van der Waals surface area contributed by atoms with Crippen LogP contribution < -0.4 is 20.1 Å². The number of fused-ring (bicyclic) bond motifs is 1. The molecule has 1 aliphatic carbocycles. The van der Waals surface area contributed by atoms with Crippen molar-refractivity contribution in [3.63, 3.8) is 0 Å². The highest BCUT2D eigenvalue weighted by Crippen LogP contribution is 2.43. The second-order valence-electron chi connectivity index (χ2n) is 8.99. The third-order valence-corrected chi connectivity index (χ3v) is 6.45. The number of rotatable bonds is 6. The van der Waals surface area contributed by atoms with E-state index >= 15 is 0 Å². The smallest absolute Gasteiger partial charge is 0.317 e. The molecule has 1 unspecified atom stereocenters. The second kappa shape index (κ2) is 9.89. The molecular formula is C25H29FN4O4. The van der Waals surface area contributed by atoms with E-state index in [1.165, 1.54) is 24.3 Å². The van der Waals surface area contributed by atoms with Gasteiger partial charge in [0.1, 0.15) is 19.0 Å². The quantitative estimate of drug-likeness (QED) is 0.681. The van der Waals surface area contributed by atoms with Gasteiger partial charge in [-0.3, -0.25) is 9.69 Å². The number of benzene rings is 2. The van der Waals surface area contributed by atoms with Gasteiger partial charge < -0.3 is 25.0 Å². The third kappa shape index (κ3) is 5.41. The number of ether oxygens (including phenoxy) is 2. The number of amides is 3. The SMILES string of the molecule is O=C(CN1CCN(C(=O)NC(c2ccc3c(c2)OCCO3)C2CC2)CC1)Nc1ccc(F)cc1. The lowest BCUT2D eigenvalue weighted by Gasteiger charge is -2.35. The van der Waals surface area contributed by atoms with E-state index in [9.17, 15) is 14.0 Å². The Kier molecular flexibility index (Phi) is 6.53. The number of halogens is 1. The van der Waals surface area contributed by atoms with Crippen LogP contribution in [0, 0.1) is 11.7 Å². The molecule has 2 aliphatic heterocycles. The molecule has 34 heavy (non-hydrogen) atoms. The summed E-state index contributed by atoms with van der Waals surface area (Å²) in [5.74, 6) is 1.41. The molecule has 1 atom stereocenters. The van der Waals surface area contributed by atoms with Crippen LogP contribution in [0.15, 0.2) is 42.5 Å². The maximum atomic E-state index is 13.0. The van der Waals surface area contributed by atoms with Crippen LogP contribution in [-0.2, 0) is 4.79 Å². The van der Waals surface area contributed by atoms with Gasteiger partial charge in [0.2, 0.25) is 5.91 Å². The minimum absolute atomic E-state index is 0.0529. The molecule has 2 N–H and O–H groups in total. The molecule has 5 rings (SSSR count). The fourth-order valence-electron chi connectivity index (χ4n) is 4.43. The van der Waals surface area contributed by atoms with Gasteiger partial charge in [-0.05, 0) is 60.7 Å². The van der Waals surface area contributed by atoms with E-state index in [2.05, 4.69) is 10.6 Å². The van der Waals surface area contributed by atoms with Crippen LogP contribution in [0.4, 0.5) is 14.9 Å². The van der Waals surface area contributed by atoms with Gasteiger partial charge in [-0.25, -0.2) is 9.18 Å². The van der Waals surface area contributed by atoms with Crippen LogP contribution >= 0.6 is 0 Å². The molecule has 3 amide bonds. The number of nitrogens with one attached hydrogen (secondary N) is 2. The van der Waals surface area contributed by atoms with Crippen LogP contribution in [0.3, 0.4) is 0 Å². The Labute approximate surface area is 198 Å². The molecule has 0 aromatic heterocycles. The Morgan fingerprint density at radius 1 is 0.971 bits per heavy atom. The molecule has 9 heteroatoms. The Balaban J connectivity index is 1.12. The highest BCUT2D eigenvalue weighted by Gasteiger charge is 2.35. The number of hydrogen-bond donors (Lipinski definition) is 2. The molecule has 8 nitrogen and oxygen atoms in total. The van der Waals surface area contributed by atoms with E-state index in [0.717, 1.165) is 29.9 Å².